The molecule has 0 N–H and O–H groups in total. The summed E-state index contributed by atoms with van der Waals surface area (Å²) in [7, 11) is 2.08. The Morgan fingerprint density at radius 3 is 2.73 bits per heavy atom. The zero-order valence-corrected chi connectivity index (χ0v) is 10.3. The molecule has 1 aliphatic carbocycles. The van der Waals surface area contributed by atoms with E-state index < -0.39 is 0 Å². The van der Waals surface area contributed by atoms with Crippen LogP contribution in [0, 0.1) is 11.3 Å². The van der Waals surface area contributed by atoms with Crippen molar-refractivity contribution in [3.63, 3.8) is 0 Å². The standard InChI is InChI=1S/C12H13BrN2/c1-15(9-4-2-5-9)12-7-3-6-11(13)10(12)8-14/h3,6-7,9H,2,4-5H2,1H3. The van der Waals surface area contributed by atoms with Gasteiger partial charge in [0.25, 0.3) is 0 Å². The summed E-state index contributed by atoms with van der Waals surface area (Å²) in [5.74, 6) is 0. The van der Waals surface area contributed by atoms with Crippen LogP contribution >= 0.6 is 15.9 Å². The van der Waals surface area contributed by atoms with Gasteiger partial charge in [-0.2, -0.15) is 5.26 Å². The van der Waals surface area contributed by atoms with Gasteiger partial charge in [0.1, 0.15) is 6.07 Å². The summed E-state index contributed by atoms with van der Waals surface area (Å²) in [6.07, 6.45) is 3.80. The Hall–Kier alpha value is -1.01. The van der Waals surface area contributed by atoms with Crippen molar-refractivity contribution < 1.29 is 0 Å². The fraction of sp³-hybridized carbons (Fsp3) is 0.417. The molecule has 1 aromatic rings. The third-order valence-electron chi connectivity index (χ3n) is 3.11. The zero-order valence-electron chi connectivity index (χ0n) is 8.70. The van der Waals surface area contributed by atoms with Crippen LogP contribution in [0.3, 0.4) is 0 Å². The molecule has 1 fully saturated rings. The minimum atomic E-state index is 0.617. The molecule has 0 saturated heterocycles. The zero-order chi connectivity index (χ0) is 10.8. The van der Waals surface area contributed by atoms with E-state index in [9.17, 15) is 0 Å². The third kappa shape index (κ3) is 1.87. The highest BCUT2D eigenvalue weighted by Crippen LogP contribution is 2.32. The highest BCUT2D eigenvalue weighted by atomic mass is 79.9. The Bertz CT molecular complexity index is 405. The Labute approximate surface area is 98.6 Å². The van der Waals surface area contributed by atoms with Crippen molar-refractivity contribution >= 4 is 21.6 Å². The summed E-state index contributed by atoms with van der Waals surface area (Å²) >= 11 is 3.42. The van der Waals surface area contributed by atoms with Crippen LogP contribution in [-0.2, 0) is 0 Å². The lowest BCUT2D eigenvalue weighted by Crippen LogP contribution is -2.37. The predicted molar refractivity (Wildman–Crippen MR) is 64.9 cm³/mol. The molecule has 1 aromatic carbocycles. The van der Waals surface area contributed by atoms with Crippen LogP contribution in [-0.4, -0.2) is 13.1 Å². The van der Waals surface area contributed by atoms with Crippen LogP contribution in [0.25, 0.3) is 0 Å². The first-order valence-corrected chi connectivity index (χ1v) is 5.95. The molecule has 1 saturated carbocycles. The maximum absolute atomic E-state index is 9.11. The van der Waals surface area contributed by atoms with Crippen LogP contribution in [0.5, 0.6) is 0 Å². The maximum Gasteiger partial charge on any atom is 0.103 e. The van der Waals surface area contributed by atoms with Gasteiger partial charge in [-0.05, 0) is 47.3 Å². The van der Waals surface area contributed by atoms with Crippen LogP contribution in [0.2, 0.25) is 0 Å². The quantitative estimate of drug-likeness (QED) is 0.820. The SMILES string of the molecule is CN(c1cccc(Br)c1C#N)C1CCC1. The van der Waals surface area contributed by atoms with E-state index in [0.717, 1.165) is 15.7 Å². The average Bonchev–Trinajstić information content (AvgIpc) is 2.14. The fourth-order valence-electron chi connectivity index (χ4n) is 1.89. The van der Waals surface area contributed by atoms with Gasteiger partial charge in [0.05, 0.1) is 11.3 Å². The van der Waals surface area contributed by atoms with Gasteiger partial charge in [-0.3, -0.25) is 0 Å². The summed E-state index contributed by atoms with van der Waals surface area (Å²) < 4.78 is 0.883. The molecule has 0 amide bonds. The van der Waals surface area contributed by atoms with Crippen LogP contribution in [0.1, 0.15) is 24.8 Å². The monoisotopic (exact) mass is 264 g/mol. The van der Waals surface area contributed by atoms with E-state index in [4.69, 9.17) is 5.26 Å². The summed E-state index contributed by atoms with van der Waals surface area (Å²) in [6.45, 7) is 0. The molecular weight excluding hydrogens is 252 g/mol. The number of nitrogens with zero attached hydrogens (tertiary/aromatic N) is 2. The van der Waals surface area contributed by atoms with E-state index in [1.807, 2.05) is 18.2 Å². The molecule has 0 heterocycles. The van der Waals surface area contributed by atoms with Gasteiger partial charge in [0.15, 0.2) is 0 Å². The second-order valence-corrected chi connectivity index (χ2v) is 4.80. The Kier molecular flexibility index (Phi) is 2.97. The van der Waals surface area contributed by atoms with Crippen molar-refractivity contribution in [3.8, 4) is 6.07 Å². The topological polar surface area (TPSA) is 27.0 Å². The molecule has 15 heavy (non-hydrogen) atoms. The second-order valence-electron chi connectivity index (χ2n) is 3.94. The van der Waals surface area contributed by atoms with Crippen molar-refractivity contribution in [2.24, 2.45) is 0 Å². The first-order chi connectivity index (χ1) is 7.24. The highest BCUT2D eigenvalue weighted by molar-refractivity contribution is 9.10. The predicted octanol–water partition coefficient (Wildman–Crippen LogP) is 3.31. The number of anilines is 1. The first-order valence-electron chi connectivity index (χ1n) is 5.15. The first kappa shape index (κ1) is 10.5. The van der Waals surface area contributed by atoms with E-state index in [2.05, 4.69) is 33.9 Å². The van der Waals surface area contributed by atoms with Gasteiger partial charge >= 0.3 is 0 Å². The summed E-state index contributed by atoms with van der Waals surface area (Å²) in [4.78, 5) is 2.23. The Morgan fingerprint density at radius 1 is 1.47 bits per heavy atom. The Balaban J connectivity index is 2.34. The molecular formula is C12H13BrN2. The minimum Gasteiger partial charge on any atom is -0.371 e. The fourth-order valence-corrected chi connectivity index (χ4v) is 2.33. The lowest BCUT2D eigenvalue weighted by molar-refractivity contribution is 0.401. The smallest absolute Gasteiger partial charge is 0.103 e. The normalized spacial score (nSPS) is 15.5. The van der Waals surface area contributed by atoms with Crippen LogP contribution in [0.15, 0.2) is 22.7 Å². The number of nitriles is 1. The maximum atomic E-state index is 9.11. The van der Waals surface area contributed by atoms with Crippen LogP contribution < -0.4 is 4.90 Å². The van der Waals surface area contributed by atoms with E-state index in [0.29, 0.717) is 6.04 Å². The average molecular weight is 265 g/mol. The van der Waals surface area contributed by atoms with Crippen LogP contribution in [0.4, 0.5) is 5.69 Å². The molecule has 0 aromatic heterocycles. The molecule has 3 heteroatoms. The van der Waals surface area contributed by atoms with Crippen molar-refractivity contribution in [3.05, 3.63) is 28.2 Å². The van der Waals surface area contributed by atoms with Gasteiger partial charge in [-0.1, -0.05) is 6.07 Å². The highest BCUT2D eigenvalue weighted by Gasteiger charge is 2.24. The lowest BCUT2D eigenvalue weighted by atomic mass is 9.91. The number of rotatable bonds is 2. The van der Waals surface area contributed by atoms with Crippen molar-refractivity contribution in [2.45, 2.75) is 25.3 Å². The summed E-state index contributed by atoms with van der Waals surface area (Å²) in [5, 5.41) is 9.11. The number of hydrogen-bond acceptors (Lipinski definition) is 2. The largest absolute Gasteiger partial charge is 0.371 e. The van der Waals surface area contributed by atoms with Gasteiger partial charge < -0.3 is 4.90 Å². The summed E-state index contributed by atoms with van der Waals surface area (Å²) in [6, 6.07) is 8.79. The molecule has 1 aliphatic rings. The van der Waals surface area contributed by atoms with Gasteiger partial charge in [-0.15, -0.1) is 0 Å². The number of benzene rings is 1. The van der Waals surface area contributed by atoms with Gasteiger partial charge in [0, 0.05) is 17.6 Å². The minimum absolute atomic E-state index is 0.617. The summed E-state index contributed by atoms with van der Waals surface area (Å²) in [5.41, 5.74) is 1.78. The van der Waals surface area contributed by atoms with E-state index >= 15 is 0 Å². The molecule has 0 unspecified atom stereocenters. The van der Waals surface area contributed by atoms with E-state index in [1.54, 1.807) is 0 Å². The molecule has 2 nitrogen and oxygen atoms in total. The van der Waals surface area contributed by atoms with E-state index in [-0.39, 0.29) is 0 Å². The van der Waals surface area contributed by atoms with Crippen molar-refractivity contribution in [1.82, 2.24) is 0 Å². The number of hydrogen-bond donors (Lipinski definition) is 0. The molecule has 0 bridgehead atoms. The van der Waals surface area contributed by atoms with E-state index in [1.165, 1.54) is 19.3 Å². The Morgan fingerprint density at radius 2 is 2.20 bits per heavy atom. The molecule has 78 valence electrons. The molecule has 2 rings (SSSR count). The van der Waals surface area contributed by atoms with Crippen molar-refractivity contribution in [1.29, 1.82) is 5.26 Å². The molecule has 0 atom stereocenters. The molecule has 0 aliphatic heterocycles. The molecule has 0 spiro atoms. The second kappa shape index (κ2) is 4.24. The van der Waals surface area contributed by atoms with Gasteiger partial charge in [0.2, 0.25) is 0 Å². The number of halogens is 1. The van der Waals surface area contributed by atoms with Gasteiger partial charge in [-0.25, -0.2) is 0 Å². The molecule has 0 radical (unpaired) electrons. The third-order valence-corrected chi connectivity index (χ3v) is 3.77. The lowest BCUT2D eigenvalue weighted by Gasteiger charge is -2.36. The van der Waals surface area contributed by atoms with Crippen molar-refractivity contribution in [2.75, 3.05) is 11.9 Å².